The lowest BCUT2D eigenvalue weighted by Gasteiger charge is -2.14. The summed E-state index contributed by atoms with van der Waals surface area (Å²) in [4.78, 5) is 17.0. The molecule has 4 nitrogen and oxygen atoms in total. The van der Waals surface area contributed by atoms with Crippen LogP contribution in [0.1, 0.15) is 21.5 Å². The lowest BCUT2D eigenvalue weighted by molar-refractivity contribution is 0.0728. The summed E-state index contributed by atoms with van der Waals surface area (Å²) < 4.78 is 11.4. The Morgan fingerprint density at radius 1 is 1.00 bits per heavy atom. The van der Waals surface area contributed by atoms with Crippen molar-refractivity contribution in [3.05, 3.63) is 102 Å². The predicted octanol–water partition coefficient (Wildman–Crippen LogP) is 4.61. The zero-order chi connectivity index (χ0) is 18.2. The molecule has 0 aliphatic rings. The number of hydrogen-bond donors (Lipinski definition) is 0. The molecular weight excluding hydrogens is 326 g/mol. The van der Waals surface area contributed by atoms with Gasteiger partial charge >= 0.3 is 5.97 Å². The molecule has 0 saturated carbocycles. The Morgan fingerprint density at radius 3 is 2.38 bits per heavy atom. The van der Waals surface area contributed by atoms with Gasteiger partial charge in [-0.25, -0.2) is 4.79 Å². The molecular formula is C22H19NO3. The average Bonchev–Trinajstić information content (AvgIpc) is 2.68. The van der Waals surface area contributed by atoms with Crippen LogP contribution in [0.25, 0.3) is 0 Å². The summed E-state index contributed by atoms with van der Waals surface area (Å²) in [5.74, 6) is 0.403. The standard InChI is InChI=1S/C22H19NO3/c1-2-9-18-14-23-15-20(25-16-17-10-5-3-6-11-17)21(18)22(24)26-19-12-7-4-8-13-19/h2-8,10-15H,1,9,16H2. The highest BCUT2D eigenvalue weighted by atomic mass is 16.5. The lowest BCUT2D eigenvalue weighted by Crippen LogP contribution is -2.14. The molecule has 0 atom stereocenters. The number of nitrogens with zero attached hydrogens (tertiary/aromatic N) is 1. The minimum Gasteiger partial charge on any atom is -0.486 e. The SMILES string of the molecule is C=CCc1cncc(OCc2ccccc2)c1C(=O)Oc1ccccc1. The van der Waals surface area contributed by atoms with Crippen molar-refractivity contribution in [3.8, 4) is 11.5 Å². The van der Waals surface area contributed by atoms with Crippen LogP contribution in [0.15, 0.2) is 85.7 Å². The molecule has 0 bridgehead atoms. The number of ether oxygens (including phenoxy) is 2. The number of allylic oxidation sites excluding steroid dienone is 1. The molecule has 3 rings (SSSR count). The molecule has 0 spiro atoms. The molecule has 0 radical (unpaired) electrons. The van der Waals surface area contributed by atoms with Crippen LogP contribution in [0.3, 0.4) is 0 Å². The Labute approximate surface area is 152 Å². The average molecular weight is 345 g/mol. The number of carbonyl (C=O) groups is 1. The number of hydrogen-bond acceptors (Lipinski definition) is 4. The number of aromatic nitrogens is 1. The van der Waals surface area contributed by atoms with Crippen molar-refractivity contribution in [1.82, 2.24) is 4.98 Å². The van der Waals surface area contributed by atoms with Crippen molar-refractivity contribution in [2.75, 3.05) is 0 Å². The van der Waals surface area contributed by atoms with Crippen LogP contribution >= 0.6 is 0 Å². The van der Waals surface area contributed by atoms with Crippen LogP contribution in [0.2, 0.25) is 0 Å². The molecule has 0 N–H and O–H groups in total. The number of esters is 1. The first-order chi connectivity index (χ1) is 12.8. The molecule has 0 saturated heterocycles. The maximum absolute atomic E-state index is 12.8. The number of carbonyl (C=O) groups excluding carboxylic acids is 1. The van der Waals surface area contributed by atoms with E-state index in [0.29, 0.717) is 35.7 Å². The zero-order valence-corrected chi connectivity index (χ0v) is 14.3. The zero-order valence-electron chi connectivity index (χ0n) is 14.3. The van der Waals surface area contributed by atoms with Crippen molar-refractivity contribution in [2.24, 2.45) is 0 Å². The lowest BCUT2D eigenvalue weighted by atomic mass is 10.1. The van der Waals surface area contributed by atoms with Crippen LogP contribution < -0.4 is 9.47 Å². The smallest absolute Gasteiger partial charge is 0.347 e. The van der Waals surface area contributed by atoms with Gasteiger partial charge in [0.05, 0.1) is 6.20 Å². The molecule has 1 heterocycles. The van der Waals surface area contributed by atoms with E-state index in [1.807, 2.05) is 48.5 Å². The third kappa shape index (κ3) is 4.36. The van der Waals surface area contributed by atoms with Crippen molar-refractivity contribution in [2.45, 2.75) is 13.0 Å². The summed E-state index contributed by atoms with van der Waals surface area (Å²) in [7, 11) is 0. The van der Waals surface area contributed by atoms with E-state index in [9.17, 15) is 4.79 Å². The van der Waals surface area contributed by atoms with Gasteiger partial charge in [-0.05, 0) is 29.7 Å². The third-order valence-electron chi connectivity index (χ3n) is 3.75. The molecule has 2 aromatic carbocycles. The second kappa shape index (κ2) is 8.62. The summed E-state index contributed by atoms with van der Waals surface area (Å²) in [6, 6.07) is 18.7. The molecule has 0 fully saturated rings. The van der Waals surface area contributed by atoms with E-state index in [-0.39, 0.29) is 0 Å². The molecule has 0 amide bonds. The summed E-state index contributed by atoms with van der Waals surface area (Å²) in [6.45, 7) is 4.08. The maximum atomic E-state index is 12.8. The Bertz CT molecular complexity index is 876. The fourth-order valence-electron chi connectivity index (χ4n) is 2.52. The van der Waals surface area contributed by atoms with Crippen LogP contribution in [0, 0.1) is 0 Å². The largest absolute Gasteiger partial charge is 0.486 e. The summed E-state index contributed by atoms with van der Waals surface area (Å²) in [5, 5.41) is 0. The molecule has 0 aliphatic heterocycles. The molecule has 0 aliphatic carbocycles. The third-order valence-corrected chi connectivity index (χ3v) is 3.75. The van der Waals surface area contributed by atoms with E-state index in [1.54, 1.807) is 24.4 Å². The Hall–Kier alpha value is -3.40. The van der Waals surface area contributed by atoms with Gasteiger partial charge in [0.25, 0.3) is 0 Å². The summed E-state index contributed by atoms with van der Waals surface area (Å²) in [5.41, 5.74) is 2.09. The van der Waals surface area contributed by atoms with E-state index in [4.69, 9.17) is 9.47 Å². The maximum Gasteiger partial charge on any atom is 0.347 e. The molecule has 3 aromatic rings. The van der Waals surface area contributed by atoms with Crippen LogP contribution in [-0.2, 0) is 13.0 Å². The molecule has 130 valence electrons. The second-order valence-corrected chi connectivity index (χ2v) is 5.64. The Morgan fingerprint density at radius 2 is 1.69 bits per heavy atom. The van der Waals surface area contributed by atoms with E-state index < -0.39 is 5.97 Å². The predicted molar refractivity (Wildman–Crippen MR) is 100 cm³/mol. The van der Waals surface area contributed by atoms with Crippen molar-refractivity contribution in [3.63, 3.8) is 0 Å². The molecule has 4 heteroatoms. The minimum atomic E-state index is -0.474. The molecule has 1 aromatic heterocycles. The number of pyridine rings is 1. The Balaban J connectivity index is 1.87. The first-order valence-corrected chi connectivity index (χ1v) is 8.29. The first kappa shape index (κ1) is 17.4. The van der Waals surface area contributed by atoms with Gasteiger partial charge in [0, 0.05) is 6.20 Å². The second-order valence-electron chi connectivity index (χ2n) is 5.64. The van der Waals surface area contributed by atoms with Gasteiger partial charge in [0.2, 0.25) is 0 Å². The topological polar surface area (TPSA) is 48.4 Å². The number of para-hydroxylation sites is 1. The fraction of sp³-hybridized carbons (Fsp3) is 0.0909. The molecule has 0 unspecified atom stereocenters. The van der Waals surface area contributed by atoms with Crippen LogP contribution in [0.5, 0.6) is 11.5 Å². The normalized spacial score (nSPS) is 10.2. The number of benzene rings is 2. The van der Waals surface area contributed by atoms with E-state index >= 15 is 0 Å². The highest BCUT2D eigenvalue weighted by Gasteiger charge is 2.20. The minimum absolute atomic E-state index is 0.339. The van der Waals surface area contributed by atoms with Gasteiger partial charge in [-0.2, -0.15) is 0 Å². The van der Waals surface area contributed by atoms with Gasteiger partial charge in [-0.3, -0.25) is 4.98 Å². The highest BCUT2D eigenvalue weighted by molar-refractivity contribution is 5.95. The highest BCUT2D eigenvalue weighted by Crippen LogP contribution is 2.25. The van der Waals surface area contributed by atoms with Gasteiger partial charge in [0.15, 0.2) is 5.75 Å². The van der Waals surface area contributed by atoms with E-state index in [1.165, 1.54) is 6.20 Å². The van der Waals surface area contributed by atoms with E-state index in [0.717, 1.165) is 5.56 Å². The van der Waals surface area contributed by atoms with Crippen molar-refractivity contribution < 1.29 is 14.3 Å². The number of rotatable bonds is 7. The monoisotopic (exact) mass is 345 g/mol. The van der Waals surface area contributed by atoms with Gasteiger partial charge in [-0.1, -0.05) is 54.6 Å². The van der Waals surface area contributed by atoms with Gasteiger partial charge in [-0.15, -0.1) is 6.58 Å². The fourth-order valence-corrected chi connectivity index (χ4v) is 2.52. The van der Waals surface area contributed by atoms with Crippen LogP contribution in [-0.4, -0.2) is 11.0 Å². The summed E-state index contributed by atoms with van der Waals surface area (Å²) in [6.07, 6.45) is 5.39. The first-order valence-electron chi connectivity index (χ1n) is 8.29. The summed E-state index contributed by atoms with van der Waals surface area (Å²) >= 11 is 0. The van der Waals surface area contributed by atoms with Crippen LogP contribution in [0.4, 0.5) is 0 Å². The quantitative estimate of drug-likeness (QED) is 0.356. The van der Waals surface area contributed by atoms with Gasteiger partial charge in [0.1, 0.15) is 17.9 Å². The van der Waals surface area contributed by atoms with Gasteiger partial charge < -0.3 is 9.47 Å². The van der Waals surface area contributed by atoms with Crippen molar-refractivity contribution in [1.29, 1.82) is 0 Å². The molecule has 26 heavy (non-hydrogen) atoms. The van der Waals surface area contributed by atoms with E-state index in [2.05, 4.69) is 11.6 Å². The Kier molecular flexibility index (Phi) is 5.78. The van der Waals surface area contributed by atoms with Crippen molar-refractivity contribution >= 4 is 5.97 Å².